The molecule has 21 heavy (non-hydrogen) atoms. The van der Waals surface area contributed by atoms with E-state index < -0.39 is 24.3 Å². The number of ether oxygens (including phenoxy) is 2. The monoisotopic (exact) mass is 284 g/mol. The molecule has 2 aromatic rings. The van der Waals surface area contributed by atoms with E-state index in [1.165, 1.54) is 6.92 Å². The van der Waals surface area contributed by atoms with Gasteiger partial charge in [0.1, 0.15) is 5.75 Å². The molecule has 0 saturated heterocycles. The summed E-state index contributed by atoms with van der Waals surface area (Å²) < 4.78 is 11.0. The number of aliphatic hydroxyl groups excluding tert-OH is 1. The molecule has 0 radical (unpaired) electrons. The van der Waals surface area contributed by atoms with E-state index in [1.807, 2.05) is 48.5 Å². The van der Waals surface area contributed by atoms with Crippen LogP contribution in [-0.4, -0.2) is 17.4 Å². The van der Waals surface area contributed by atoms with E-state index >= 15 is 0 Å². The van der Waals surface area contributed by atoms with Crippen LogP contribution in [0.1, 0.15) is 30.1 Å². The highest BCUT2D eigenvalue weighted by Crippen LogP contribution is 2.44. The van der Waals surface area contributed by atoms with Gasteiger partial charge in [0.25, 0.3) is 6.29 Å². The van der Waals surface area contributed by atoms with Gasteiger partial charge in [-0.1, -0.05) is 48.5 Å². The van der Waals surface area contributed by atoms with Gasteiger partial charge in [0.2, 0.25) is 0 Å². The minimum atomic E-state index is -0.838. The number of aliphatic hydroxyl groups is 1. The predicted octanol–water partition coefficient (Wildman–Crippen LogP) is 2.79. The van der Waals surface area contributed by atoms with Crippen LogP contribution >= 0.6 is 0 Å². The number of hydrogen-bond acceptors (Lipinski definition) is 4. The highest BCUT2D eigenvalue weighted by atomic mass is 16.7. The molecule has 1 N–H and O–H groups in total. The van der Waals surface area contributed by atoms with E-state index in [2.05, 4.69) is 0 Å². The molecule has 2 aromatic carbocycles. The minimum Gasteiger partial charge on any atom is -0.454 e. The molecule has 0 aliphatic carbocycles. The van der Waals surface area contributed by atoms with Gasteiger partial charge in [0, 0.05) is 12.5 Å². The predicted molar refractivity (Wildman–Crippen MR) is 76.8 cm³/mol. The molecule has 0 aromatic heterocycles. The van der Waals surface area contributed by atoms with Gasteiger partial charge in [0.15, 0.2) is 0 Å². The van der Waals surface area contributed by atoms with Crippen LogP contribution in [0.2, 0.25) is 0 Å². The standard InChI is InChI=1S/C17H16O4/c1-11(18)20-17-15(12-7-3-2-4-8-12)16(19)13-9-5-6-10-14(13)21-17/h2-10,15-17,19H,1H3. The van der Waals surface area contributed by atoms with E-state index in [1.54, 1.807) is 6.07 Å². The number of fused-ring (bicyclic) bond motifs is 1. The average Bonchev–Trinajstić information content (AvgIpc) is 2.48. The molecular weight excluding hydrogens is 268 g/mol. The van der Waals surface area contributed by atoms with Crippen molar-refractivity contribution in [2.45, 2.75) is 25.2 Å². The number of esters is 1. The molecule has 108 valence electrons. The Morgan fingerprint density at radius 3 is 2.48 bits per heavy atom. The number of hydrogen-bond donors (Lipinski definition) is 1. The van der Waals surface area contributed by atoms with Gasteiger partial charge in [-0.3, -0.25) is 4.79 Å². The molecule has 0 bridgehead atoms. The van der Waals surface area contributed by atoms with Crippen molar-refractivity contribution in [2.75, 3.05) is 0 Å². The van der Waals surface area contributed by atoms with Crippen LogP contribution in [0.4, 0.5) is 0 Å². The number of carbonyl (C=O) groups excluding carboxylic acids is 1. The Kier molecular flexibility index (Phi) is 3.62. The van der Waals surface area contributed by atoms with Crippen molar-refractivity contribution < 1.29 is 19.4 Å². The lowest BCUT2D eigenvalue weighted by atomic mass is 9.86. The second kappa shape index (κ2) is 5.58. The molecule has 1 heterocycles. The first-order chi connectivity index (χ1) is 10.2. The maximum absolute atomic E-state index is 11.3. The molecule has 3 unspecified atom stereocenters. The fraction of sp³-hybridized carbons (Fsp3) is 0.235. The van der Waals surface area contributed by atoms with Gasteiger partial charge in [-0.25, -0.2) is 0 Å². The molecule has 4 heteroatoms. The summed E-state index contributed by atoms with van der Waals surface area (Å²) >= 11 is 0. The second-order valence-corrected chi connectivity index (χ2v) is 5.01. The van der Waals surface area contributed by atoms with Crippen LogP contribution in [-0.2, 0) is 9.53 Å². The van der Waals surface area contributed by atoms with E-state index in [0.717, 1.165) is 5.56 Å². The third-order valence-corrected chi connectivity index (χ3v) is 3.58. The quantitative estimate of drug-likeness (QED) is 0.862. The van der Waals surface area contributed by atoms with E-state index in [-0.39, 0.29) is 0 Å². The molecule has 3 rings (SSSR count). The summed E-state index contributed by atoms with van der Waals surface area (Å²) in [5, 5.41) is 10.7. The average molecular weight is 284 g/mol. The van der Waals surface area contributed by atoms with Crippen LogP contribution in [0.3, 0.4) is 0 Å². The van der Waals surface area contributed by atoms with Crippen molar-refractivity contribution in [1.29, 1.82) is 0 Å². The zero-order chi connectivity index (χ0) is 14.8. The third-order valence-electron chi connectivity index (χ3n) is 3.58. The highest BCUT2D eigenvalue weighted by Gasteiger charge is 2.40. The van der Waals surface area contributed by atoms with Crippen LogP contribution in [0, 0.1) is 0 Å². The SMILES string of the molecule is CC(=O)OC1Oc2ccccc2C(O)C1c1ccccc1. The van der Waals surface area contributed by atoms with Crippen molar-refractivity contribution in [1.82, 2.24) is 0 Å². The fourth-order valence-electron chi connectivity index (χ4n) is 2.65. The summed E-state index contributed by atoms with van der Waals surface area (Å²) in [6.07, 6.45) is -1.63. The summed E-state index contributed by atoms with van der Waals surface area (Å²) in [5.41, 5.74) is 1.57. The van der Waals surface area contributed by atoms with Gasteiger partial charge in [-0.2, -0.15) is 0 Å². The summed E-state index contributed by atoms with van der Waals surface area (Å²) in [5.74, 6) is -0.346. The lowest BCUT2D eigenvalue weighted by molar-refractivity contribution is -0.172. The van der Waals surface area contributed by atoms with Gasteiger partial charge >= 0.3 is 5.97 Å². The topological polar surface area (TPSA) is 55.8 Å². The number of carbonyl (C=O) groups is 1. The highest BCUT2D eigenvalue weighted by molar-refractivity contribution is 5.66. The van der Waals surface area contributed by atoms with Crippen molar-refractivity contribution in [3.05, 3.63) is 65.7 Å². The van der Waals surface area contributed by atoms with Gasteiger partial charge < -0.3 is 14.6 Å². The molecular formula is C17H16O4. The van der Waals surface area contributed by atoms with Gasteiger partial charge in [0.05, 0.1) is 12.0 Å². The van der Waals surface area contributed by atoms with Crippen molar-refractivity contribution >= 4 is 5.97 Å². The first-order valence-electron chi connectivity index (χ1n) is 6.82. The van der Waals surface area contributed by atoms with E-state index in [0.29, 0.717) is 11.3 Å². The molecule has 0 saturated carbocycles. The number of benzene rings is 2. The molecule has 1 aliphatic rings. The summed E-state index contributed by atoms with van der Waals surface area (Å²) in [4.78, 5) is 11.3. The molecule has 0 spiro atoms. The fourth-order valence-corrected chi connectivity index (χ4v) is 2.65. The van der Waals surface area contributed by atoms with Crippen molar-refractivity contribution in [3.8, 4) is 5.75 Å². The maximum Gasteiger partial charge on any atom is 0.305 e. The minimum absolute atomic E-state index is 0.437. The molecule has 4 nitrogen and oxygen atoms in total. The van der Waals surface area contributed by atoms with Crippen LogP contribution < -0.4 is 4.74 Å². The molecule has 3 atom stereocenters. The molecule has 0 amide bonds. The number of para-hydroxylation sites is 1. The first-order valence-corrected chi connectivity index (χ1v) is 6.82. The second-order valence-electron chi connectivity index (χ2n) is 5.01. The van der Waals surface area contributed by atoms with Crippen LogP contribution in [0.15, 0.2) is 54.6 Å². The van der Waals surface area contributed by atoms with Crippen molar-refractivity contribution in [2.24, 2.45) is 0 Å². The largest absolute Gasteiger partial charge is 0.454 e. The Morgan fingerprint density at radius 2 is 1.76 bits per heavy atom. The maximum atomic E-state index is 11.3. The summed E-state index contributed by atoms with van der Waals surface area (Å²) in [7, 11) is 0. The Hall–Kier alpha value is -2.33. The van der Waals surface area contributed by atoms with Crippen LogP contribution in [0.5, 0.6) is 5.75 Å². The third kappa shape index (κ3) is 2.62. The van der Waals surface area contributed by atoms with E-state index in [9.17, 15) is 9.90 Å². The normalized spacial score (nSPS) is 23.8. The Labute approximate surface area is 122 Å². The van der Waals surface area contributed by atoms with E-state index in [4.69, 9.17) is 9.47 Å². The first kappa shape index (κ1) is 13.6. The number of rotatable bonds is 2. The Morgan fingerprint density at radius 1 is 1.10 bits per heavy atom. The van der Waals surface area contributed by atoms with Gasteiger partial charge in [-0.05, 0) is 11.6 Å². The molecule has 1 aliphatic heterocycles. The summed E-state index contributed by atoms with van der Waals surface area (Å²) in [6.45, 7) is 1.33. The van der Waals surface area contributed by atoms with Gasteiger partial charge in [-0.15, -0.1) is 0 Å². The van der Waals surface area contributed by atoms with Crippen molar-refractivity contribution in [3.63, 3.8) is 0 Å². The van der Waals surface area contributed by atoms with Crippen LogP contribution in [0.25, 0.3) is 0 Å². The lowest BCUT2D eigenvalue weighted by Gasteiger charge is -2.36. The zero-order valence-corrected chi connectivity index (χ0v) is 11.6. The Balaban J connectivity index is 2.03. The smallest absolute Gasteiger partial charge is 0.305 e. The summed E-state index contributed by atoms with van der Waals surface area (Å²) in [6, 6.07) is 16.7. The Bertz CT molecular complexity index is 638. The zero-order valence-electron chi connectivity index (χ0n) is 11.6. The lowest BCUT2D eigenvalue weighted by Crippen LogP contribution is -2.37. The molecule has 0 fully saturated rings.